The zero-order valence-corrected chi connectivity index (χ0v) is 21.5. The van der Waals surface area contributed by atoms with Gasteiger partial charge in [0.1, 0.15) is 5.82 Å². The Balaban J connectivity index is 1.34. The van der Waals surface area contributed by atoms with Crippen LogP contribution in [-0.4, -0.2) is 70.0 Å². The molecule has 4 aromatic rings. The molecule has 0 radical (unpaired) electrons. The molecule has 1 N–H and O–H groups in total. The summed E-state index contributed by atoms with van der Waals surface area (Å²) in [5.74, 6) is 0.534. The fraction of sp³-hybridized carbons (Fsp3) is 0.320. The molecule has 1 saturated heterocycles. The molecule has 0 aliphatic carbocycles. The highest BCUT2D eigenvalue weighted by atomic mass is 32.2. The van der Waals surface area contributed by atoms with E-state index in [9.17, 15) is 13.2 Å². The highest BCUT2D eigenvalue weighted by Crippen LogP contribution is 2.24. The summed E-state index contributed by atoms with van der Waals surface area (Å²) in [6, 6.07) is 11.5. The molecule has 1 aliphatic heterocycles. The van der Waals surface area contributed by atoms with Crippen molar-refractivity contribution in [3.8, 4) is 11.4 Å². The molecule has 1 amide bonds. The molecule has 0 bridgehead atoms. The maximum atomic E-state index is 12.5. The minimum Gasteiger partial charge on any atom is -0.372 e. The lowest BCUT2D eigenvalue weighted by molar-refractivity contribution is -0.115. The van der Waals surface area contributed by atoms with Crippen LogP contribution in [0.1, 0.15) is 19.5 Å². The van der Waals surface area contributed by atoms with Crippen LogP contribution in [0.25, 0.3) is 22.3 Å². The van der Waals surface area contributed by atoms with E-state index in [2.05, 4.69) is 34.1 Å². The Kier molecular flexibility index (Phi) is 6.61. The third kappa shape index (κ3) is 5.75. The number of hydrogen-bond acceptors (Lipinski definition) is 9. The zero-order chi connectivity index (χ0) is 26.2. The Morgan fingerprint density at radius 2 is 1.84 bits per heavy atom. The minimum absolute atomic E-state index is 0.00691. The number of ether oxygens (including phenoxy) is 1. The molecular formula is C25H27N7O4S. The highest BCUT2D eigenvalue weighted by Gasteiger charge is 2.23. The van der Waals surface area contributed by atoms with Gasteiger partial charge < -0.3 is 15.0 Å². The molecule has 0 unspecified atom stereocenters. The summed E-state index contributed by atoms with van der Waals surface area (Å²) in [6.07, 6.45) is 5.48. The summed E-state index contributed by atoms with van der Waals surface area (Å²) in [5.41, 5.74) is 2.99. The van der Waals surface area contributed by atoms with Gasteiger partial charge in [-0.1, -0.05) is 6.07 Å². The second-order valence-electron chi connectivity index (χ2n) is 9.20. The molecule has 1 aliphatic rings. The van der Waals surface area contributed by atoms with Crippen molar-refractivity contribution in [1.29, 1.82) is 0 Å². The van der Waals surface area contributed by atoms with Crippen LogP contribution in [0, 0.1) is 0 Å². The van der Waals surface area contributed by atoms with E-state index in [0.29, 0.717) is 11.2 Å². The predicted molar refractivity (Wildman–Crippen MR) is 140 cm³/mol. The Morgan fingerprint density at radius 3 is 2.57 bits per heavy atom. The molecule has 5 rings (SSSR count). The lowest BCUT2D eigenvalue weighted by Crippen LogP contribution is -2.45. The number of carbonyl (C=O) groups is 1. The summed E-state index contributed by atoms with van der Waals surface area (Å²) in [4.78, 5) is 28.8. The number of hydrogen-bond donors (Lipinski definition) is 1. The summed E-state index contributed by atoms with van der Waals surface area (Å²) in [6.45, 7) is 5.67. The number of pyridine rings is 3. The minimum atomic E-state index is -3.52. The number of anilines is 2. The quantitative estimate of drug-likeness (QED) is 0.406. The second-order valence-corrected chi connectivity index (χ2v) is 11.0. The molecule has 0 spiro atoms. The van der Waals surface area contributed by atoms with Crippen LogP contribution in [0.15, 0.2) is 55.0 Å². The molecule has 4 aromatic heterocycles. The normalized spacial score (nSPS) is 18.2. The molecule has 11 nitrogen and oxygen atoms in total. The van der Waals surface area contributed by atoms with Crippen LogP contribution in [0.2, 0.25) is 0 Å². The molecule has 0 aromatic carbocycles. The number of fused-ring (bicyclic) bond motifs is 1. The summed E-state index contributed by atoms with van der Waals surface area (Å²) in [5, 5.41) is 7.23. The molecule has 0 saturated carbocycles. The van der Waals surface area contributed by atoms with Crippen molar-refractivity contribution in [3.63, 3.8) is 0 Å². The number of rotatable bonds is 6. The van der Waals surface area contributed by atoms with Gasteiger partial charge in [0.2, 0.25) is 5.91 Å². The number of morpholine rings is 1. The van der Waals surface area contributed by atoms with E-state index >= 15 is 0 Å². The van der Waals surface area contributed by atoms with Crippen molar-refractivity contribution in [2.24, 2.45) is 0 Å². The van der Waals surface area contributed by atoms with E-state index in [1.807, 2.05) is 30.3 Å². The molecular weight excluding hydrogens is 494 g/mol. The van der Waals surface area contributed by atoms with E-state index in [1.54, 1.807) is 12.3 Å². The predicted octanol–water partition coefficient (Wildman–Crippen LogP) is 2.49. The number of carbonyl (C=O) groups excluding carboxylic acids is 1. The van der Waals surface area contributed by atoms with Gasteiger partial charge in [0.25, 0.3) is 10.0 Å². The summed E-state index contributed by atoms with van der Waals surface area (Å²) >= 11 is 0. The van der Waals surface area contributed by atoms with Gasteiger partial charge in [-0.3, -0.25) is 9.78 Å². The second kappa shape index (κ2) is 9.87. The van der Waals surface area contributed by atoms with E-state index in [-0.39, 0.29) is 30.2 Å². The van der Waals surface area contributed by atoms with Crippen LogP contribution in [0.3, 0.4) is 0 Å². The zero-order valence-electron chi connectivity index (χ0n) is 20.7. The average Bonchev–Trinajstić information content (AvgIpc) is 3.32. The maximum absolute atomic E-state index is 12.5. The van der Waals surface area contributed by atoms with Crippen molar-refractivity contribution < 1.29 is 17.9 Å². The van der Waals surface area contributed by atoms with Crippen LogP contribution in [-0.2, 0) is 26.0 Å². The molecule has 37 heavy (non-hydrogen) atoms. The Labute approximate surface area is 214 Å². The summed E-state index contributed by atoms with van der Waals surface area (Å²) in [7, 11) is -3.52. The Bertz CT molecular complexity index is 1560. The van der Waals surface area contributed by atoms with Gasteiger partial charge in [0.05, 0.1) is 65.6 Å². The topological polar surface area (TPSA) is 132 Å². The number of amides is 1. The third-order valence-corrected chi connectivity index (χ3v) is 6.78. The van der Waals surface area contributed by atoms with E-state index in [1.165, 1.54) is 12.4 Å². The van der Waals surface area contributed by atoms with Crippen LogP contribution < -0.4 is 10.2 Å². The molecule has 5 heterocycles. The van der Waals surface area contributed by atoms with Gasteiger partial charge in [0.15, 0.2) is 0 Å². The molecule has 2 atom stereocenters. The fourth-order valence-electron chi connectivity index (χ4n) is 4.32. The van der Waals surface area contributed by atoms with Crippen molar-refractivity contribution >= 4 is 38.3 Å². The molecule has 192 valence electrons. The van der Waals surface area contributed by atoms with Crippen LogP contribution in [0.5, 0.6) is 0 Å². The third-order valence-electron chi connectivity index (χ3n) is 5.90. The molecule has 12 heteroatoms. The van der Waals surface area contributed by atoms with Gasteiger partial charge in [-0.05, 0) is 44.2 Å². The van der Waals surface area contributed by atoms with Crippen LogP contribution >= 0.6 is 0 Å². The lowest BCUT2D eigenvalue weighted by atomic mass is 10.1. The fourth-order valence-corrected chi connectivity index (χ4v) is 4.85. The van der Waals surface area contributed by atoms with Crippen molar-refractivity contribution in [3.05, 3.63) is 60.7 Å². The molecule has 1 fully saturated rings. The number of aromatic nitrogens is 5. The van der Waals surface area contributed by atoms with Crippen molar-refractivity contribution in [2.75, 3.05) is 29.6 Å². The monoisotopic (exact) mass is 521 g/mol. The van der Waals surface area contributed by atoms with Gasteiger partial charge >= 0.3 is 0 Å². The van der Waals surface area contributed by atoms with Crippen LogP contribution in [0.4, 0.5) is 11.5 Å². The first-order chi connectivity index (χ1) is 17.6. The first kappa shape index (κ1) is 24.8. The Hall–Kier alpha value is -3.90. The number of nitrogens with zero attached hydrogens (tertiary/aromatic N) is 6. The summed E-state index contributed by atoms with van der Waals surface area (Å²) < 4.78 is 29.8. The first-order valence-corrected chi connectivity index (χ1v) is 13.7. The highest BCUT2D eigenvalue weighted by molar-refractivity contribution is 7.89. The van der Waals surface area contributed by atoms with Gasteiger partial charge in [-0.15, -0.1) is 0 Å². The smallest absolute Gasteiger partial charge is 0.250 e. The Morgan fingerprint density at radius 1 is 1.08 bits per heavy atom. The van der Waals surface area contributed by atoms with Gasteiger partial charge in [-0.25, -0.2) is 18.4 Å². The van der Waals surface area contributed by atoms with Gasteiger partial charge in [-0.2, -0.15) is 9.19 Å². The van der Waals surface area contributed by atoms with E-state index in [4.69, 9.17) is 14.7 Å². The SMILES string of the molecule is C[C@@H]1CN(c2cccc(-c3ccc4cnc(CC(=O)Nc5cnn(S(C)(=O)=O)c5)cc4n3)n2)C[C@H](C)O1. The maximum Gasteiger partial charge on any atom is 0.250 e. The van der Waals surface area contributed by atoms with E-state index in [0.717, 1.165) is 46.0 Å². The average molecular weight is 522 g/mol. The lowest BCUT2D eigenvalue weighted by Gasteiger charge is -2.36. The first-order valence-electron chi connectivity index (χ1n) is 11.8. The van der Waals surface area contributed by atoms with Crippen molar-refractivity contribution in [2.45, 2.75) is 32.5 Å². The number of nitrogens with one attached hydrogen (secondary N) is 1. The standard InChI is InChI=1S/C25H27N7O4S/c1-16-13-31(14-17(2)36-16)24-6-4-5-21(30-24)22-8-7-18-11-26-19(9-23(18)29-22)10-25(33)28-20-12-27-32(15-20)37(3,34)35/h4-9,11-12,15-17H,10,13-14H2,1-3H3,(H,28,33)/t16-,17+. The van der Waals surface area contributed by atoms with Gasteiger partial charge in [0, 0.05) is 24.7 Å². The van der Waals surface area contributed by atoms with Crippen molar-refractivity contribution in [1.82, 2.24) is 24.1 Å². The largest absolute Gasteiger partial charge is 0.372 e. The van der Waals surface area contributed by atoms with E-state index < -0.39 is 10.0 Å².